The molecule has 0 aliphatic carbocycles. The number of anilines is 2. The van der Waals surface area contributed by atoms with Crippen molar-refractivity contribution >= 4 is 11.6 Å². The summed E-state index contributed by atoms with van der Waals surface area (Å²) in [6.07, 6.45) is 4.38. The summed E-state index contributed by atoms with van der Waals surface area (Å²) in [6.45, 7) is 7.38. The highest BCUT2D eigenvalue weighted by Gasteiger charge is 2.09. The van der Waals surface area contributed by atoms with Crippen molar-refractivity contribution < 1.29 is 5.11 Å². The second kappa shape index (κ2) is 7.87. The molecule has 5 heteroatoms. The van der Waals surface area contributed by atoms with Crippen molar-refractivity contribution in [3.05, 3.63) is 11.9 Å². The van der Waals surface area contributed by atoms with E-state index in [4.69, 9.17) is 5.11 Å². The summed E-state index contributed by atoms with van der Waals surface area (Å²) < 4.78 is 0. The van der Waals surface area contributed by atoms with Gasteiger partial charge < -0.3 is 15.7 Å². The Bertz CT molecular complexity index is 357. The third-order valence-electron chi connectivity index (χ3n) is 2.80. The lowest BCUT2D eigenvalue weighted by Gasteiger charge is -2.17. The first-order valence-electron chi connectivity index (χ1n) is 6.61. The molecule has 0 radical (unpaired) electrons. The van der Waals surface area contributed by atoms with Crippen molar-refractivity contribution in [1.82, 2.24) is 9.97 Å². The van der Waals surface area contributed by atoms with Crippen LogP contribution in [0.15, 0.2) is 6.33 Å². The number of hydrogen-bond acceptors (Lipinski definition) is 5. The standard InChI is InChI=1S/C13H24N4O/c1-4-7-14-12-11(3)13(16-9-15-12)17-10(2)6-5-8-18/h9-10,18H,4-8H2,1-3H3,(H2,14,15,16,17). The van der Waals surface area contributed by atoms with Gasteiger partial charge in [-0.3, -0.25) is 0 Å². The van der Waals surface area contributed by atoms with E-state index in [0.29, 0.717) is 6.04 Å². The summed E-state index contributed by atoms with van der Waals surface area (Å²) >= 11 is 0. The quantitative estimate of drug-likeness (QED) is 0.661. The Morgan fingerprint density at radius 1 is 1.33 bits per heavy atom. The van der Waals surface area contributed by atoms with Crippen molar-refractivity contribution in [1.29, 1.82) is 0 Å². The van der Waals surface area contributed by atoms with Gasteiger partial charge in [0.15, 0.2) is 0 Å². The molecule has 0 saturated heterocycles. The average Bonchev–Trinajstić information content (AvgIpc) is 2.37. The Morgan fingerprint density at radius 3 is 2.72 bits per heavy atom. The second-order valence-corrected chi connectivity index (χ2v) is 4.53. The van der Waals surface area contributed by atoms with Crippen molar-refractivity contribution in [3.63, 3.8) is 0 Å². The number of nitrogens with one attached hydrogen (secondary N) is 2. The van der Waals surface area contributed by atoms with Crippen LogP contribution in [0.4, 0.5) is 11.6 Å². The molecule has 1 rings (SSSR count). The molecular formula is C13H24N4O. The topological polar surface area (TPSA) is 70.1 Å². The lowest BCUT2D eigenvalue weighted by molar-refractivity contribution is 0.282. The average molecular weight is 252 g/mol. The molecule has 0 aliphatic heterocycles. The molecule has 1 heterocycles. The third kappa shape index (κ3) is 4.49. The van der Waals surface area contributed by atoms with Crippen molar-refractivity contribution in [2.45, 2.75) is 46.1 Å². The van der Waals surface area contributed by atoms with E-state index in [1.54, 1.807) is 6.33 Å². The lowest BCUT2D eigenvalue weighted by atomic mass is 10.2. The van der Waals surface area contributed by atoms with E-state index in [2.05, 4.69) is 34.4 Å². The molecule has 0 saturated carbocycles. The first-order chi connectivity index (χ1) is 8.69. The second-order valence-electron chi connectivity index (χ2n) is 4.53. The first kappa shape index (κ1) is 14.7. The number of rotatable bonds is 8. The molecule has 0 aromatic carbocycles. The van der Waals surface area contributed by atoms with Crippen LogP contribution in [0, 0.1) is 6.92 Å². The minimum absolute atomic E-state index is 0.234. The van der Waals surface area contributed by atoms with Gasteiger partial charge >= 0.3 is 0 Å². The zero-order valence-electron chi connectivity index (χ0n) is 11.5. The number of aliphatic hydroxyl groups excluding tert-OH is 1. The van der Waals surface area contributed by atoms with Gasteiger partial charge in [-0.05, 0) is 33.1 Å². The number of aliphatic hydroxyl groups is 1. The molecule has 0 fully saturated rings. The zero-order chi connectivity index (χ0) is 13.4. The van der Waals surface area contributed by atoms with Gasteiger partial charge in [0.1, 0.15) is 18.0 Å². The minimum Gasteiger partial charge on any atom is -0.396 e. The highest BCUT2D eigenvalue weighted by atomic mass is 16.2. The fraction of sp³-hybridized carbons (Fsp3) is 0.692. The van der Waals surface area contributed by atoms with Crippen molar-refractivity contribution in [2.75, 3.05) is 23.8 Å². The van der Waals surface area contributed by atoms with Crippen molar-refractivity contribution in [3.8, 4) is 0 Å². The molecule has 0 bridgehead atoms. The van der Waals surface area contributed by atoms with Crippen LogP contribution in [0.1, 0.15) is 38.7 Å². The fourth-order valence-electron chi connectivity index (χ4n) is 1.72. The normalized spacial score (nSPS) is 12.2. The number of nitrogens with zero attached hydrogens (tertiary/aromatic N) is 2. The van der Waals surface area contributed by atoms with Gasteiger partial charge in [-0.15, -0.1) is 0 Å². The molecule has 3 N–H and O–H groups in total. The summed E-state index contributed by atoms with van der Waals surface area (Å²) in [5.41, 5.74) is 1.04. The number of aromatic nitrogens is 2. The monoisotopic (exact) mass is 252 g/mol. The zero-order valence-corrected chi connectivity index (χ0v) is 11.5. The molecule has 102 valence electrons. The molecule has 1 aromatic heterocycles. The van der Waals surface area contributed by atoms with E-state index in [1.165, 1.54) is 0 Å². The van der Waals surface area contributed by atoms with Crippen LogP contribution in [0.25, 0.3) is 0 Å². The molecule has 1 unspecified atom stereocenters. The molecule has 5 nitrogen and oxygen atoms in total. The molecule has 1 atom stereocenters. The fourth-order valence-corrected chi connectivity index (χ4v) is 1.72. The third-order valence-corrected chi connectivity index (χ3v) is 2.80. The van der Waals surface area contributed by atoms with E-state index in [9.17, 15) is 0 Å². The summed E-state index contributed by atoms with van der Waals surface area (Å²) in [7, 11) is 0. The summed E-state index contributed by atoms with van der Waals surface area (Å²) in [5, 5.41) is 15.5. The van der Waals surface area contributed by atoms with Crippen LogP contribution in [0.3, 0.4) is 0 Å². The van der Waals surface area contributed by atoms with Gasteiger partial charge in [0.2, 0.25) is 0 Å². The van der Waals surface area contributed by atoms with Crippen LogP contribution < -0.4 is 10.6 Å². The van der Waals surface area contributed by atoms with E-state index >= 15 is 0 Å². The SMILES string of the molecule is CCCNc1ncnc(NC(C)CCCO)c1C. The predicted octanol–water partition coefficient (Wildman–Crippen LogP) is 2.18. The van der Waals surface area contributed by atoms with E-state index in [-0.39, 0.29) is 6.61 Å². The maximum atomic E-state index is 8.81. The van der Waals surface area contributed by atoms with E-state index < -0.39 is 0 Å². The van der Waals surface area contributed by atoms with E-state index in [0.717, 1.165) is 43.0 Å². The maximum Gasteiger partial charge on any atom is 0.134 e. The minimum atomic E-state index is 0.234. The molecular weight excluding hydrogens is 228 g/mol. The molecule has 0 aliphatic rings. The Labute approximate surface area is 109 Å². The smallest absolute Gasteiger partial charge is 0.134 e. The van der Waals surface area contributed by atoms with Gasteiger partial charge in [0, 0.05) is 24.8 Å². The van der Waals surface area contributed by atoms with Crippen LogP contribution in [0.5, 0.6) is 0 Å². The van der Waals surface area contributed by atoms with Crippen LogP contribution in [-0.2, 0) is 0 Å². The van der Waals surface area contributed by atoms with Crippen molar-refractivity contribution in [2.24, 2.45) is 0 Å². The number of hydrogen-bond donors (Lipinski definition) is 3. The summed E-state index contributed by atoms with van der Waals surface area (Å²) in [6, 6.07) is 0.296. The molecule has 0 amide bonds. The van der Waals surface area contributed by atoms with Gasteiger partial charge in [-0.25, -0.2) is 9.97 Å². The summed E-state index contributed by atoms with van der Waals surface area (Å²) in [4.78, 5) is 8.51. The van der Waals surface area contributed by atoms with Gasteiger partial charge in [-0.1, -0.05) is 6.92 Å². The molecule has 0 spiro atoms. The largest absolute Gasteiger partial charge is 0.396 e. The van der Waals surface area contributed by atoms with Crippen LogP contribution in [0.2, 0.25) is 0 Å². The molecule has 18 heavy (non-hydrogen) atoms. The Hall–Kier alpha value is -1.36. The van der Waals surface area contributed by atoms with Crippen LogP contribution in [-0.4, -0.2) is 34.3 Å². The van der Waals surface area contributed by atoms with Gasteiger partial charge in [-0.2, -0.15) is 0 Å². The highest BCUT2D eigenvalue weighted by molar-refractivity contribution is 5.56. The Balaban J connectivity index is 2.64. The van der Waals surface area contributed by atoms with Gasteiger partial charge in [0.05, 0.1) is 0 Å². The Kier molecular flexibility index (Phi) is 6.43. The molecule has 1 aromatic rings. The van der Waals surface area contributed by atoms with E-state index in [1.807, 2.05) is 6.92 Å². The maximum absolute atomic E-state index is 8.81. The highest BCUT2D eigenvalue weighted by Crippen LogP contribution is 2.19. The van der Waals surface area contributed by atoms with Gasteiger partial charge in [0.25, 0.3) is 0 Å². The first-order valence-corrected chi connectivity index (χ1v) is 6.61. The lowest BCUT2D eigenvalue weighted by Crippen LogP contribution is -2.18. The predicted molar refractivity (Wildman–Crippen MR) is 75.0 cm³/mol. The Morgan fingerprint density at radius 2 is 2.06 bits per heavy atom. The summed E-state index contributed by atoms with van der Waals surface area (Å²) in [5.74, 6) is 1.76. The van der Waals surface area contributed by atoms with Crippen LogP contribution >= 0.6 is 0 Å².